The Morgan fingerprint density at radius 3 is 1.66 bits per heavy atom. The maximum absolute atomic E-state index is 2.66. The van der Waals surface area contributed by atoms with Crippen molar-refractivity contribution in [3.05, 3.63) is 179 Å². The second-order valence-corrected chi connectivity index (χ2v) is 15.3. The van der Waals surface area contributed by atoms with Crippen LogP contribution in [0.4, 0.5) is 11.4 Å². The molecule has 0 bridgehead atoms. The van der Waals surface area contributed by atoms with Gasteiger partial charge in [-0.15, -0.1) is 0 Å². The van der Waals surface area contributed by atoms with E-state index in [4.69, 9.17) is 0 Å². The Morgan fingerprint density at radius 2 is 1.00 bits per heavy atom. The number of para-hydroxylation sites is 1. The molecule has 1 fully saturated rings. The highest BCUT2D eigenvalue weighted by atomic mass is 15.3. The summed E-state index contributed by atoms with van der Waals surface area (Å²) in [6.07, 6.45) is 2.32. The second kappa shape index (κ2) is 9.81. The summed E-state index contributed by atoms with van der Waals surface area (Å²) in [4.78, 5) is 2.66. The molecule has 3 aliphatic rings. The first-order valence-corrected chi connectivity index (χ1v) is 17.1. The summed E-state index contributed by atoms with van der Waals surface area (Å²) < 4.78 is 0. The summed E-state index contributed by atoms with van der Waals surface area (Å²) >= 11 is 0. The molecule has 1 heteroatoms. The Bertz CT molecular complexity index is 2110. The van der Waals surface area contributed by atoms with E-state index in [2.05, 4.69) is 184 Å². The standard InChI is InChI=1S/C46H41N/c1-43(2)30-44(3)41-29-33(25-27-42(41)47(45(44,4)31-43)36-20-12-7-13-21-36)32-24-26-38-37-22-14-15-23-39(37)46(40(38)28-32,34-16-8-5-9-17-34)35-18-10-6-11-19-35/h5-29H,30-31H2,1-4H3. The molecular weight excluding hydrogens is 567 g/mol. The number of rotatable bonds is 4. The van der Waals surface area contributed by atoms with E-state index in [1.165, 1.54) is 67.9 Å². The molecule has 0 N–H and O–H groups in total. The highest BCUT2D eigenvalue weighted by Crippen LogP contribution is 2.67. The van der Waals surface area contributed by atoms with E-state index < -0.39 is 5.41 Å². The molecule has 0 spiro atoms. The molecule has 47 heavy (non-hydrogen) atoms. The first-order chi connectivity index (χ1) is 22.8. The smallest absolute Gasteiger partial charge is 0.0713 e. The van der Waals surface area contributed by atoms with Crippen molar-refractivity contribution in [2.45, 2.75) is 56.9 Å². The average molecular weight is 608 g/mol. The quantitative estimate of drug-likeness (QED) is 0.192. The molecule has 0 aromatic heterocycles. The SMILES string of the molecule is CC1(C)CC2(C)c3cc(-c4ccc5c(c4)C(c4ccccc4)(c4ccccc4)c4ccccc4-5)ccc3N(c3ccccc3)C2(C)C1. The van der Waals surface area contributed by atoms with Gasteiger partial charge >= 0.3 is 0 Å². The maximum Gasteiger partial charge on any atom is 0.0713 e. The molecule has 6 aromatic carbocycles. The van der Waals surface area contributed by atoms with Crippen LogP contribution in [0.15, 0.2) is 152 Å². The average Bonchev–Trinajstić information content (AvgIpc) is 3.57. The van der Waals surface area contributed by atoms with E-state index in [-0.39, 0.29) is 16.4 Å². The lowest BCUT2D eigenvalue weighted by Gasteiger charge is -2.42. The Hall–Kier alpha value is -4.88. The number of hydrogen-bond donors (Lipinski definition) is 0. The summed E-state index contributed by atoms with van der Waals surface area (Å²) in [7, 11) is 0. The van der Waals surface area contributed by atoms with Crippen LogP contribution in [0.2, 0.25) is 0 Å². The zero-order chi connectivity index (χ0) is 32.0. The number of fused-ring (bicyclic) bond motifs is 6. The van der Waals surface area contributed by atoms with Crippen LogP contribution in [-0.4, -0.2) is 5.54 Å². The van der Waals surface area contributed by atoms with Crippen molar-refractivity contribution >= 4 is 11.4 Å². The van der Waals surface area contributed by atoms with Crippen LogP contribution in [0.1, 0.15) is 68.4 Å². The minimum atomic E-state index is -0.397. The van der Waals surface area contributed by atoms with Crippen molar-refractivity contribution in [1.29, 1.82) is 0 Å². The molecule has 1 nitrogen and oxygen atoms in total. The van der Waals surface area contributed by atoms with Crippen LogP contribution < -0.4 is 4.90 Å². The van der Waals surface area contributed by atoms with E-state index in [0.717, 1.165) is 6.42 Å². The van der Waals surface area contributed by atoms with Crippen molar-refractivity contribution in [2.75, 3.05) is 4.90 Å². The Morgan fingerprint density at radius 1 is 0.468 bits per heavy atom. The summed E-state index contributed by atoms with van der Waals surface area (Å²) in [5, 5.41) is 0. The van der Waals surface area contributed by atoms with Gasteiger partial charge in [-0.1, -0.05) is 142 Å². The molecule has 9 rings (SSSR count). The molecule has 1 aliphatic heterocycles. The van der Waals surface area contributed by atoms with Gasteiger partial charge in [-0.25, -0.2) is 0 Å². The zero-order valence-corrected chi connectivity index (χ0v) is 27.8. The van der Waals surface area contributed by atoms with Crippen LogP contribution in [0, 0.1) is 5.41 Å². The van der Waals surface area contributed by atoms with Crippen molar-refractivity contribution in [1.82, 2.24) is 0 Å². The van der Waals surface area contributed by atoms with E-state index in [9.17, 15) is 0 Å². The first kappa shape index (κ1) is 28.4. The number of anilines is 2. The van der Waals surface area contributed by atoms with Crippen molar-refractivity contribution in [3.63, 3.8) is 0 Å². The van der Waals surface area contributed by atoms with Gasteiger partial charge in [0, 0.05) is 16.8 Å². The van der Waals surface area contributed by atoms with Crippen molar-refractivity contribution in [3.8, 4) is 22.3 Å². The van der Waals surface area contributed by atoms with Gasteiger partial charge in [0.2, 0.25) is 0 Å². The third kappa shape index (κ3) is 3.77. The van der Waals surface area contributed by atoms with Crippen LogP contribution in [0.3, 0.4) is 0 Å². The molecule has 2 unspecified atom stereocenters. The molecular formula is C46H41N. The van der Waals surface area contributed by atoms with Crippen molar-refractivity contribution in [2.24, 2.45) is 5.41 Å². The molecule has 2 aliphatic carbocycles. The van der Waals surface area contributed by atoms with Gasteiger partial charge in [0.1, 0.15) is 0 Å². The molecule has 2 atom stereocenters. The number of hydrogen-bond acceptors (Lipinski definition) is 1. The van der Waals surface area contributed by atoms with Crippen LogP contribution in [0.5, 0.6) is 0 Å². The van der Waals surface area contributed by atoms with Gasteiger partial charge in [0.25, 0.3) is 0 Å². The predicted octanol–water partition coefficient (Wildman–Crippen LogP) is 11.7. The van der Waals surface area contributed by atoms with Crippen LogP contribution >= 0.6 is 0 Å². The third-order valence-corrected chi connectivity index (χ3v) is 12.0. The van der Waals surface area contributed by atoms with E-state index in [1.807, 2.05) is 0 Å². The molecule has 1 saturated carbocycles. The Kier molecular flexibility index (Phi) is 5.92. The highest BCUT2D eigenvalue weighted by Gasteiger charge is 2.64. The second-order valence-electron chi connectivity index (χ2n) is 15.3. The molecule has 0 radical (unpaired) electrons. The Balaban J connectivity index is 1.27. The highest BCUT2D eigenvalue weighted by molar-refractivity contribution is 5.89. The van der Waals surface area contributed by atoms with E-state index in [1.54, 1.807) is 0 Å². The minimum Gasteiger partial charge on any atom is -0.334 e. The monoisotopic (exact) mass is 607 g/mol. The maximum atomic E-state index is 2.66. The largest absolute Gasteiger partial charge is 0.334 e. The lowest BCUT2D eigenvalue weighted by atomic mass is 9.67. The lowest BCUT2D eigenvalue weighted by Crippen LogP contribution is -2.49. The minimum absolute atomic E-state index is 0.00579. The molecule has 6 aromatic rings. The molecule has 1 heterocycles. The third-order valence-electron chi connectivity index (χ3n) is 12.0. The van der Waals surface area contributed by atoms with Gasteiger partial charge in [0.05, 0.1) is 11.0 Å². The van der Waals surface area contributed by atoms with Crippen LogP contribution in [0.25, 0.3) is 22.3 Å². The first-order valence-electron chi connectivity index (χ1n) is 17.1. The number of nitrogens with zero attached hydrogens (tertiary/aromatic N) is 1. The van der Waals surface area contributed by atoms with Gasteiger partial charge < -0.3 is 4.90 Å². The van der Waals surface area contributed by atoms with E-state index in [0.29, 0.717) is 0 Å². The lowest BCUT2D eigenvalue weighted by molar-refractivity contribution is 0.330. The van der Waals surface area contributed by atoms with Crippen molar-refractivity contribution < 1.29 is 0 Å². The van der Waals surface area contributed by atoms with E-state index >= 15 is 0 Å². The summed E-state index contributed by atoms with van der Waals surface area (Å²) in [6.45, 7) is 9.95. The Labute approximate surface area is 279 Å². The fourth-order valence-electron chi connectivity index (χ4n) is 10.3. The predicted molar refractivity (Wildman–Crippen MR) is 197 cm³/mol. The summed E-state index contributed by atoms with van der Waals surface area (Å²) in [6, 6.07) is 56.8. The zero-order valence-electron chi connectivity index (χ0n) is 27.8. The van der Waals surface area contributed by atoms with Gasteiger partial charge in [-0.2, -0.15) is 0 Å². The summed E-state index contributed by atoms with van der Waals surface area (Å²) in [5.74, 6) is 0. The normalized spacial score (nSPS) is 22.8. The fraction of sp³-hybridized carbons (Fsp3) is 0.217. The topological polar surface area (TPSA) is 3.24 Å². The van der Waals surface area contributed by atoms with Gasteiger partial charge in [0.15, 0.2) is 0 Å². The molecule has 0 saturated heterocycles. The molecule has 0 amide bonds. The fourth-order valence-corrected chi connectivity index (χ4v) is 10.3. The number of benzene rings is 6. The van der Waals surface area contributed by atoms with Gasteiger partial charge in [-0.05, 0) is 106 Å². The van der Waals surface area contributed by atoms with Crippen LogP contribution in [-0.2, 0) is 10.8 Å². The molecule has 230 valence electrons. The van der Waals surface area contributed by atoms with Gasteiger partial charge in [-0.3, -0.25) is 0 Å². The summed E-state index contributed by atoms with van der Waals surface area (Å²) in [5.41, 5.74) is 14.6.